The molecule has 2 aliphatic carbocycles. The molecule has 0 radical (unpaired) electrons. The Morgan fingerprint density at radius 1 is 1.34 bits per heavy atom. The topological polar surface area (TPSA) is 82.9 Å². The Morgan fingerprint density at radius 2 is 2.17 bits per heavy atom. The first-order valence-corrected chi connectivity index (χ1v) is 10.0. The van der Waals surface area contributed by atoms with Crippen LogP contribution in [0.3, 0.4) is 0 Å². The van der Waals surface area contributed by atoms with E-state index in [-0.39, 0.29) is 17.9 Å². The number of hydrogen-bond acceptors (Lipinski definition) is 5. The minimum Gasteiger partial charge on any atom is -0.383 e. The molecule has 2 N–H and O–H groups in total. The summed E-state index contributed by atoms with van der Waals surface area (Å²) in [6.45, 7) is 0. The third-order valence-corrected chi connectivity index (χ3v) is 5.88. The number of carbonyl (C=O) groups is 1. The molecule has 1 amide bonds. The van der Waals surface area contributed by atoms with E-state index in [0.29, 0.717) is 23.6 Å². The van der Waals surface area contributed by atoms with Crippen LogP contribution in [0.1, 0.15) is 32.1 Å². The predicted octanol–water partition coefficient (Wildman–Crippen LogP) is 4.04. The van der Waals surface area contributed by atoms with Gasteiger partial charge in [0, 0.05) is 40.2 Å². The van der Waals surface area contributed by atoms with E-state index in [4.69, 9.17) is 11.6 Å². The molecule has 0 aromatic heterocycles. The van der Waals surface area contributed by atoms with Crippen molar-refractivity contribution in [2.45, 2.75) is 44.2 Å². The average molecular weight is 415 g/mol. The Balaban J connectivity index is 1.62. The molecule has 4 aliphatic rings. The zero-order valence-electron chi connectivity index (χ0n) is 15.6. The molecule has 0 aromatic carbocycles. The second-order valence-electron chi connectivity index (χ2n) is 7.42. The van der Waals surface area contributed by atoms with Crippen LogP contribution in [-0.4, -0.2) is 23.7 Å². The molecule has 8 heteroatoms. The second kappa shape index (κ2) is 8.31. The molecular weight excluding hydrogens is 395 g/mol. The second-order valence-corrected chi connectivity index (χ2v) is 7.86. The zero-order valence-corrected chi connectivity index (χ0v) is 16.4. The minimum absolute atomic E-state index is 0.0271. The van der Waals surface area contributed by atoms with Crippen LogP contribution in [0.25, 0.3) is 0 Å². The average Bonchev–Trinajstić information content (AvgIpc) is 3.06. The number of aliphatic imine (C=N–C) groups is 1. The molecule has 0 aromatic rings. The van der Waals surface area contributed by atoms with Crippen molar-refractivity contribution >= 4 is 23.2 Å². The van der Waals surface area contributed by atoms with Gasteiger partial charge in [0.1, 0.15) is 0 Å². The fourth-order valence-electron chi connectivity index (χ4n) is 4.13. The van der Waals surface area contributed by atoms with E-state index in [1.165, 1.54) is 6.08 Å². The summed E-state index contributed by atoms with van der Waals surface area (Å²) in [6.07, 6.45) is 12.2. The summed E-state index contributed by atoms with van der Waals surface area (Å²) in [5.74, 6) is -1.82. The van der Waals surface area contributed by atoms with Crippen LogP contribution in [0.15, 0.2) is 74.2 Å². The summed E-state index contributed by atoms with van der Waals surface area (Å²) in [6, 6.07) is -0.277. The molecule has 0 spiro atoms. The van der Waals surface area contributed by atoms with E-state index in [9.17, 15) is 14.1 Å². The number of halogens is 2. The fraction of sp³-hybridized carbons (Fsp3) is 0.381. The number of rotatable bonds is 4. The summed E-state index contributed by atoms with van der Waals surface area (Å²) in [7, 11) is 0. The molecule has 29 heavy (non-hydrogen) atoms. The maximum Gasteiger partial charge on any atom is 0.291 e. The van der Waals surface area contributed by atoms with E-state index in [1.807, 2.05) is 18.4 Å². The highest BCUT2D eigenvalue weighted by Gasteiger charge is 2.33. The maximum absolute atomic E-state index is 14.7. The fourth-order valence-corrected chi connectivity index (χ4v) is 4.33. The van der Waals surface area contributed by atoms with Gasteiger partial charge in [-0.15, -0.1) is 10.6 Å². The van der Waals surface area contributed by atoms with E-state index >= 15 is 0 Å². The third-order valence-electron chi connectivity index (χ3n) is 5.62. The van der Waals surface area contributed by atoms with Crippen LogP contribution >= 0.6 is 11.6 Å². The van der Waals surface area contributed by atoms with Gasteiger partial charge in [0.2, 0.25) is 0 Å². The molecule has 2 heterocycles. The molecule has 2 aliphatic heterocycles. The normalized spacial score (nSPS) is 28.4. The van der Waals surface area contributed by atoms with E-state index in [0.717, 1.165) is 30.4 Å². The number of hydrogen-bond donors (Lipinski definition) is 2. The highest BCUT2D eigenvalue weighted by molar-refractivity contribution is 6.31. The van der Waals surface area contributed by atoms with Crippen molar-refractivity contribution in [2.24, 2.45) is 16.1 Å². The Morgan fingerprint density at radius 3 is 3.00 bits per heavy atom. The lowest BCUT2D eigenvalue weighted by Gasteiger charge is -2.30. The SMILES string of the molecule is O=NC(=O)[C@H]1CCCCC1NC1=C(F)C=C=CC(C2=CNC3CC=C(Cl)C=C23)=N1. The Bertz CT molecular complexity index is 969. The zero-order chi connectivity index (χ0) is 20.4. The Kier molecular flexibility index (Phi) is 5.60. The van der Waals surface area contributed by atoms with Gasteiger partial charge in [-0.25, -0.2) is 9.38 Å². The van der Waals surface area contributed by atoms with Crippen LogP contribution in [0.4, 0.5) is 4.39 Å². The van der Waals surface area contributed by atoms with Crippen molar-refractivity contribution in [2.75, 3.05) is 0 Å². The van der Waals surface area contributed by atoms with Crippen molar-refractivity contribution < 1.29 is 9.18 Å². The number of nitrogens with zero attached hydrogens (tertiary/aromatic N) is 2. The van der Waals surface area contributed by atoms with E-state index in [1.54, 1.807) is 6.08 Å². The third kappa shape index (κ3) is 4.02. The van der Waals surface area contributed by atoms with Crippen molar-refractivity contribution in [3.8, 4) is 0 Å². The van der Waals surface area contributed by atoms with Crippen LogP contribution in [-0.2, 0) is 4.79 Å². The monoisotopic (exact) mass is 414 g/mol. The van der Waals surface area contributed by atoms with Crippen molar-refractivity contribution in [3.05, 3.63) is 69.0 Å². The lowest BCUT2D eigenvalue weighted by molar-refractivity contribution is -0.123. The van der Waals surface area contributed by atoms with Crippen LogP contribution in [0.5, 0.6) is 0 Å². The number of allylic oxidation sites excluding steroid dienone is 4. The van der Waals surface area contributed by atoms with Gasteiger partial charge in [-0.05, 0) is 30.9 Å². The lowest BCUT2D eigenvalue weighted by atomic mass is 9.84. The smallest absolute Gasteiger partial charge is 0.291 e. The molecule has 4 rings (SSSR count). The summed E-state index contributed by atoms with van der Waals surface area (Å²) in [5.41, 5.74) is 5.16. The van der Waals surface area contributed by atoms with E-state index in [2.05, 4.69) is 26.5 Å². The quantitative estimate of drug-likeness (QED) is 0.537. The number of nitrogens with one attached hydrogen (secondary N) is 2. The van der Waals surface area contributed by atoms with Gasteiger partial charge in [0.15, 0.2) is 11.6 Å². The molecule has 6 nitrogen and oxygen atoms in total. The van der Waals surface area contributed by atoms with Gasteiger partial charge in [0.05, 0.1) is 17.7 Å². The number of fused-ring (bicyclic) bond motifs is 1. The molecule has 2 unspecified atom stereocenters. The van der Waals surface area contributed by atoms with Crippen molar-refractivity contribution in [3.63, 3.8) is 0 Å². The first-order chi connectivity index (χ1) is 14.1. The molecule has 1 fully saturated rings. The summed E-state index contributed by atoms with van der Waals surface area (Å²) in [5, 5.41) is 9.58. The molecule has 0 bridgehead atoms. The first-order valence-electron chi connectivity index (χ1n) is 9.65. The van der Waals surface area contributed by atoms with Gasteiger partial charge >= 0.3 is 0 Å². The molecular formula is C21H20ClFN4O2. The number of amides is 1. The summed E-state index contributed by atoms with van der Waals surface area (Å²) in [4.78, 5) is 27.1. The van der Waals surface area contributed by atoms with Crippen LogP contribution in [0.2, 0.25) is 0 Å². The largest absolute Gasteiger partial charge is 0.383 e. The number of nitroso groups, excluding NO2 is 1. The van der Waals surface area contributed by atoms with Crippen molar-refractivity contribution in [1.29, 1.82) is 0 Å². The number of carbonyl (C=O) groups excluding carboxylic acids is 1. The summed E-state index contributed by atoms with van der Waals surface area (Å²) >= 11 is 6.17. The van der Waals surface area contributed by atoms with Crippen LogP contribution in [0, 0.1) is 10.8 Å². The van der Waals surface area contributed by atoms with Gasteiger partial charge in [-0.1, -0.05) is 30.5 Å². The van der Waals surface area contributed by atoms with Gasteiger partial charge < -0.3 is 10.6 Å². The van der Waals surface area contributed by atoms with Crippen LogP contribution < -0.4 is 10.6 Å². The lowest BCUT2D eigenvalue weighted by Crippen LogP contribution is -2.41. The summed E-state index contributed by atoms with van der Waals surface area (Å²) < 4.78 is 14.7. The standard InChI is InChI=1S/C21H20ClFN4O2/c22-12-8-9-17-14(10-12)15(11-24-17)19-7-3-5-16(23)20(26-19)25-18-6-2-1-4-13(18)21(28)27-29/h5,7-8,10-11,13,17-18,24-25H,1-2,4,6,9H2/t13-,17?,18?/m0/s1. The Labute approximate surface area is 172 Å². The molecule has 1 saturated carbocycles. The van der Waals surface area contributed by atoms with Crippen molar-refractivity contribution in [1.82, 2.24) is 10.6 Å². The molecule has 0 saturated heterocycles. The first kappa shape index (κ1) is 19.6. The van der Waals surface area contributed by atoms with Gasteiger partial charge in [-0.3, -0.25) is 4.79 Å². The van der Waals surface area contributed by atoms with Gasteiger partial charge in [-0.2, -0.15) is 0 Å². The van der Waals surface area contributed by atoms with Gasteiger partial charge in [0.25, 0.3) is 5.91 Å². The predicted molar refractivity (Wildman–Crippen MR) is 110 cm³/mol. The van der Waals surface area contributed by atoms with E-state index < -0.39 is 17.7 Å². The molecule has 3 atom stereocenters. The highest BCUT2D eigenvalue weighted by Crippen LogP contribution is 2.32. The molecule has 150 valence electrons. The minimum atomic E-state index is -0.700. The Hall–Kier alpha value is -2.76. The highest BCUT2D eigenvalue weighted by atomic mass is 35.5. The maximum atomic E-state index is 14.7.